The number of carbonyl (C=O) groups is 1. The third-order valence-electron chi connectivity index (χ3n) is 4.77. The lowest BCUT2D eigenvalue weighted by Gasteiger charge is -2.21. The molecule has 0 aliphatic heterocycles. The number of anilines is 2. The lowest BCUT2D eigenvalue weighted by atomic mass is 9.99. The molecule has 1 amide bonds. The molecule has 4 rings (SSSR count). The number of hydrogen-bond acceptors (Lipinski definition) is 6. The van der Waals surface area contributed by atoms with Gasteiger partial charge in [-0.3, -0.25) is 4.79 Å². The molecule has 1 atom stereocenters. The zero-order chi connectivity index (χ0) is 21.8. The van der Waals surface area contributed by atoms with Crippen LogP contribution in [-0.4, -0.2) is 18.0 Å². The Kier molecular flexibility index (Phi) is 6.04. The molecular formula is C24H23N3O3S. The largest absolute Gasteiger partial charge is 0.497 e. The number of carbonyl (C=O) groups excluding carboxylic acids is 1. The van der Waals surface area contributed by atoms with Crippen molar-refractivity contribution < 1.29 is 13.9 Å². The number of aromatic nitrogens is 1. The molecule has 3 aromatic heterocycles. The zero-order valence-corrected chi connectivity index (χ0v) is 18.3. The van der Waals surface area contributed by atoms with Crippen molar-refractivity contribution in [2.45, 2.75) is 19.9 Å². The van der Waals surface area contributed by atoms with Crippen LogP contribution in [0.4, 0.5) is 10.8 Å². The quantitative estimate of drug-likeness (QED) is 0.384. The molecule has 0 aliphatic carbocycles. The fraction of sp³-hybridized carbons (Fsp3) is 0.167. The van der Waals surface area contributed by atoms with Crippen molar-refractivity contribution in [3.05, 3.63) is 94.4 Å². The van der Waals surface area contributed by atoms with Crippen LogP contribution in [0.1, 0.15) is 38.3 Å². The minimum atomic E-state index is -0.286. The minimum Gasteiger partial charge on any atom is -0.497 e. The summed E-state index contributed by atoms with van der Waals surface area (Å²) in [6, 6.07) is 18.9. The molecule has 0 aliphatic rings. The Hall–Kier alpha value is -3.58. The Morgan fingerprint density at radius 2 is 1.94 bits per heavy atom. The van der Waals surface area contributed by atoms with Gasteiger partial charge in [-0.2, -0.15) is 0 Å². The van der Waals surface area contributed by atoms with Gasteiger partial charge in [0.25, 0.3) is 5.91 Å². The van der Waals surface area contributed by atoms with E-state index in [1.807, 2.05) is 56.3 Å². The molecule has 0 spiro atoms. The van der Waals surface area contributed by atoms with E-state index in [0.717, 1.165) is 38.3 Å². The number of methoxy groups -OCH3 is 1. The van der Waals surface area contributed by atoms with Crippen LogP contribution in [-0.2, 0) is 0 Å². The van der Waals surface area contributed by atoms with E-state index in [-0.39, 0.29) is 17.7 Å². The van der Waals surface area contributed by atoms with E-state index in [2.05, 4.69) is 21.7 Å². The van der Waals surface area contributed by atoms with Gasteiger partial charge in [-0.05, 0) is 61.9 Å². The zero-order valence-electron chi connectivity index (χ0n) is 17.5. The van der Waals surface area contributed by atoms with Gasteiger partial charge in [-0.1, -0.05) is 18.2 Å². The first-order valence-electron chi connectivity index (χ1n) is 9.83. The highest BCUT2D eigenvalue weighted by atomic mass is 32.1. The second-order valence-electron chi connectivity index (χ2n) is 7.09. The SMILES string of the molecule is COc1cccc(C(Nc2cccc(C)n2)c2cc(C)sc2NC(=O)c2ccco2)c1. The number of pyridine rings is 1. The molecule has 2 N–H and O–H groups in total. The van der Waals surface area contributed by atoms with Crippen LogP contribution in [0.5, 0.6) is 5.75 Å². The molecule has 1 unspecified atom stereocenters. The molecule has 7 heteroatoms. The lowest BCUT2D eigenvalue weighted by molar-refractivity contribution is 0.0997. The third-order valence-corrected chi connectivity index (χ3v) is 5.76. The minimum absolute atomic E-state index is 0.249. The van der Waals surface area contributed by atoms with Crippen molar-refractivity contribution in [3.8, 4) is 5.75 Å². The van der Waals surface area contributed by atoms with Crippen molar-refractivity contribution in [1.82, 2.24) is 4.98 Å². The van der Waals surface area contributed by atoms with Crippen LogP contribution < -0.4 is 15.4 Å². The Bertz CT molecular complexity index is 1180. The molecule has 1 aromatic carbocycles. The Morgan fingerprint density at radius 3 is 2.68 bits per heavy atom. The standard InChI is InChI=1S/C24H23N3O3S/c1-15-7-4-11-21(25-15)26-22(17-8-5-9-18(14-17)29-3)19-13-16(2)31-24(19)27-23(28)20-10-6-12-30-20/h4-14,22H,1-3H3,(H,25,26)(H,27,28). The van der Waals surface area contributed by atoms with E-state index in [0.29, 0.717) is 0 Å². The van der Waals surface area contributed by atoms with Crippen LogP contribution >= 0.6 is 11.3 Å². The van der Waals surface area contributed by atoms with E-state index in [4.69, 9.17) is 9.15 Å². The number of hydrogen-bond donors (Lipinski definition) is 2. The highest BCUT2D eigenvalue weighted by molar-refractivity contribution is 7.16. The maximum Gasteiger partial charge on any atom is 0.291 e. The maximum atomic E-state index is 12.6. The first-order valence-corrected chi connectivity index (χ1v) is 10.6. The Labute approximate surface area is 184 Å². The van der Waals surface area contributed by atoms with Gasteiger partial charge in [-0.25, -0.2) is 4.98 Å². The molecule has 0 bridgehead atoms. The monoisotopic (exact) mass is 433 g/mol. The number of thiophene rings is 1. The third kappa shape index (κ3) is 4.78. The summed E-state index contributed by atoms with van der Waals surface area (Å²) in [5, 5.41) is 7.29. The highest BCUT2D eigenvalue weighted by Gasteiger charge is 2.23. The highest BCUT2D eigenvalue weighted by Crippen LogP contribution is 2.38. The van der Waals surface area contributed by atoms with Crippen LogP contribution in [0.2, 0.25) is 0 Å². The molecule has 158 valence electrons. The van der Waals surface area contributed by atoms with Gasteiger partial charge in [0.15, 0.2) is 5.76 Å². The summed E-state index contributed by atoms with van der Waals surface area (Å²) >= 11 is 1.52. The van der Waals surface area contributed by atoms with Crippen LogP contribution in [0.15, 0.2) is 71.3 Å². The first-order chi connectivity index (χ1) is 15.0. The summed E-state index contributed by atoms with van der Waals surface area (Å²) in [5.41, 5.74) is 2.86. The van der Waals surface area contributed by atoms with Crippen molar-refractivity contribution in [3.63, 3.8) is 0 Å². The number of ether oxygens (including phenoxy) is 1. The second kappa shape index (κ2) is 9.06. The van der Waals surface area contributed by atoms with Crippen LogP contribution in [0, 0.1) is 13.8 Å². The van der Waals surface area contributed by atoms with Gasteiger partial charge in [-0.15, -0.1) is 11.3 Å². The Morgan fingerprint density at radius 1 is 1.10 bits per heavy atom. The number of aryl methyl sites for hydroxylation is 2. The van der Waals surface area contributed by atoms with Gasteiger partial charge in [0.2, 0.25) is 0 Å². The number of benzene rings is 1. The molecule has 0 radical (unpaired) electrons. The van der Waals surface area contributed by atoms with E-state index in [1.165, 1.54) is 17.6 Å². The second-order valence-corrected chi connectivity index (χ2v) is 8.35. The van der Waals surface area contributed by atoms with Crippen LogP contribution in [0.25, 0.3) is 0 Å². The summed E-state index contributed by atoms with van der Waals surface area (Å²) in [5.74, 6) is 1.49. The number of nitrogens with zero attached hydrogens (tertiary/aromatic N) is 1. The van der Waals surface area contributed by atoms with Gasteiger partial charge in [0.1, 0.15) is 16.6 Å². The smallest absolute Gasteiger partial charge is 0.291 e. The van der Waals surface area contributed by atoms with Gasteiger partial charge in [0.05, 0.1) is 19.4 Å². The van der Waals surface area contributed by atoms with E-state index < -0.39 is 0 Å². The van der Waals surface area contributed by atoms with Crippen molar-refractivity contribution >= 4 is 28.1 Å². The van der Waals surface area contributed by atoms with Gasteiger partial charge in [0, 0.05) is 16.1 Å². The van der Waals surface area contributed by atoms with Gasteiger partial charge >= 0.3 is 0 Å². The lowest BCUT2D eigenvalue weighted by Crippen LogP contribution is -2.17. The molecule has 6 nitrogen and oxygen atoms in total. The van der Waals surface area contributed by atoms with E-state index in [9.17, 15) is 4.79 Å². The number of amides is 1. The van der Waals surface area contributed by atoms with Crippen molar-refractivity contribution in [2.24, 2.45) is 0 Å². The molecule has 0 saturated carbocycles. The summed E-state index contributed by atoms with van der Waals surface area (Å²) < 4.78 is 10.7. The summed E-state index contributed by atoms with van der Waals surface area (Å²) in [6.07, 6.45) is 1.49. The number of rotatable bonds is 7. The predicted octanol–water partition coefficient (Wildman–Crippen LogP) is 5.82. The number of furan rings is 1. The van der Waals surface area contributed by atoms with Crippen LogP contribution in [0.3, 0.4) is 0 Å². The molecule has 3 heterocycles. The Balaban J connectivity index is 1.75. The molecule has 0 fully saturated rings. The van der Waals surface area contributed by atoms with Crippen molar-refractivity contribution in [1.29, 1.82) is 0 Å². The van der Waals surface area contributed by atoms with Crippen molar-refractivity contribution in [2.75, 3.05) is 17.7 Å². The van der Waals surface area contributed by atoms with Gasteiger partial charge < -0.3 is 19.8 Å². The predicted molar refractivity (Wildman–Crippen MR) is 123 cm³/mol. The average Bonchev–Trinajstić information content (AvgIpc) is 3.42. The van der Waals surface area contributed by atoms with E-state index in [1.54, 1.807) is 19.2 Å². The fourth-order valence-electron chi connectivity index (χ4n) is 3.35. The van der Waals surface area contributed by atoms with E-state index >= 15 is 0 Å². The summed E-state index contributed by atoms with van der Waals surface area (Å²) in [7, 11) is 1.65. The summed E-state index contributed by atoms with van der Waals surface area (Å²) in [6.45, 7) is 3.97. The molecule has 31 heavy (non-hydrogen) atoms. The maximum absolute atomic E-state index is 12.6. The number of nitrogens with one attached hydrogen (secondary N) is 2. The first kappa shape index (κ1) is 20.7. The molecule has 4 aromatic rings. The average molecular weight is 434 g/mol. The summed E-state index contributed by atoms with van der Waals surface area (Å²) in [4.78, 5) is 18.3. The normalized spacial score (nSPS) is 11.7. The molecule has 0 saturated heterocycles. The molecular weight excluding hydrogens is 410 g/mol. The topological polar surface area (TPSA) is 76.4 Å². The fourth-order valence-corrected chi connectivity index (χ4v) is 4.30.